The molecule has 1 heteroatoms. The molecule has 1 heterocycles. The normalized spacial score (nSPS) is 11.3. The fourth-order valence-corrected chi connectivity index (χ4v) is 1.59. The molecule has 0 aliphatic rings. The topological polar surface area (TPSA) is 12.9 Å². The van der Waals surface area contributed by atoms with Gasteiger partial charge in [0.25, 0.3) is 0 Å². The minimum absolute atomic E-state index is 0.500. The van der Waals surface area contributed by atoms with Gasteiger partial charge in [-0.25, -0.2) is 0 Å². The van der Waals surface area contributed by atoms with E-state index < -0.39 is 0 Å². The molecular weight excluding hydrogens is 218 g/mol. The third-order valence-electron chi connectivity index (χ3n) is 2.29. The smallest absolute Gasteiger partial charge is 0.0736 e. The highest BCUT2D eigenvalue weighted by atomic mass is 14.6. The van der Waals surface area contributed by atoms with Crippen LogP contribution < -0.4 is 0 Å². The first-order valence-corrected chi connectivity index (χ1v) is 6.62. The fraction of sp³-hybridized carbons (Fsp3) is 0.471. The Bertz CT molecular complexity index is 481. The lowest BCUT2D eigenvalue weighted by Gasteiger charge is -2.07. The summed E-state index contributed by atoms with van der Waals surface area (Å²) in [5.41, 5.74) is 2.97. The van der Waals surface area contributed by atoms with E-state index in [2.05, 4.69) is 70.8 Å². The molecule has 1 aromatic carbocycles. The van der Waals surface area contributed by atoms with Crippen molar-refractivity contribution in [2.45, 2.75) is 47.5 Å². The zero-order valence-electron chi connectivity index (χ0n) is 12.5. The van der Waals surface area contributed by atoms with Crippen molar-refractivity contribution < 1.29 is 0 Å². The van der Waals surface area contributed by atoms with Gasteiger partial charge in [0.2, 0.25) is 0 Å². The van der Waals surface area contributed by atoms with Crippen LogP contribution in [0.15, 0.2) is 36.5 Å². The van der Waals surface area contributed by atoms with E-state index in [4.69, 9.17) is 0 Å². The predicted octanol–water partition coefficient (Wildman–Crippen LogP) is 5.41. The molecule has 0 saturated heterocycles. The third kappa shape index (κ3) is 4.87. The number of pyridine rings is 1. The first kappa shape index (κ1) is 14.7. The van der Waals surface area contributed by atoms with Crippen molar-refractivity contribution in [2.75, 3.05) is 0 Å². The summed E-state index contributed by atoms with van der Waals surface area (Å²) in [6, 6.07) is 10.4. The molecule has 98 valence electrons. The number of nitrogens with zero attached hydrogens (tertiary/aromatic N) is 1. The van der Waals surface area contributed by atoms with Crippen molar-refractivity contribution >= 4 is 10.9 Å². The highest BCUT2D eigenvalue weighted by Crippen LogP contribution is 2.22. The van der Waals surface area contributed by atoms with Crippen LogP contribution in [0.5, 0.6) is 0 Å². The Morgan fingerprint density at radius 2 is 1.50 bits per heavy atom. The molecule has 0 bridgehead atoms. The molecule has 1 nitrogen and oxygen atoms in total. The Labute approximate surface area is 111 Å². The molecule has 0 spiro atoms. The SMILES string of the molecule is CC(C)(C)C.CC(C)c1cccc2cccnc12. The summed E-state index contributed by atoms with van der Waals surface area (Å²) >= 11 is 0. The standard InChI is InChI=1S/C12H13N.C5H12/c1-9(2)11-7-3-5-10-6-4-8-13-12(10)11;1-5(2,3)4/h3-9H,1-2H3;1-4H3. The summed E-state index contributed by atoms with van der Waals surface area (Å²) in [4.78, 5) is 4.40. The van der Waals surface area contributed by atoms with Crippen molar-refractivity contribution in [3.8, 4) is 0 Å². The van der Waals surface area contributed by atoms with Gasteiger partial charge in [-0.1, -0.05) is 65.8 Å². The van der Waals surface area contributed by atoms with Crippen LogP contribution in [0.3, 0.4) is 0 Å². The molecule has 2 rings (SSSR count). The van der Waals surface area contributed by atoms with Crippen LogP contribution in [0.2, 0.25) is 0 Å². The number of benzene rings is 1. The van der Waals surface area contributed by atoms with E-state index in [-0.39, 0.29) is 0 Å². The molecule has 0 N–H and O–H groups in total. The van der Waals surface area contributed by atoms with Crippen LogP contribution in [0, 0.1) is 5.41 Å². The highest BCUT2D eigenvalue weighted by Gasteiger charge is 2.04. The Morgan fingerprint density at radius 1 is 0.944 bits per heavy atom. The molecule has 0 amide bonds. The van der Waals surface area contributed by atoms with Crippen LogP contribution in [-0.2, 0) is 0 Å². The number of hydrogen-bond donors (Lipinski definition) is 0. The Kier molecular flexibility index (Phi) is 4.89. The molecule has 0 atom stereocenters. The molecule has 2 aromatic rings. The largest absolute Gasteiger partial charge is 0.256 e. The summed E-state index contributed by atoms with van der Waals surface area (Å²) in [5, 5.41) is 1.23. The van der Waals surface area contributed by atoms with E-state index in [0.717, 1.165) is 5.52 Å². The summed E-state index contributed by atoms with van der Waals surface area (Å²) in [7, 11) is 0. The second-order valence-corrected chi connectivity index (χ2v) is 6.58. The molecule has 0 saturated carbocycles. The molecule has 18 heavy (non-hydrogen) atoms. The van der Waals surface area contributed by atoms with Crippen molar-refractivity contribution in [3.63, 3.8) is 0 Å². The van der Waals surface area contributed by atoms with Gasteiger partial charge in [-0.2, -0.15) is 0 Å². The zero-order valence-corrected chi connectivity index (χ0v) is 12.5. The van der Waals surface area contributed by atoms with Gasteiger partial charge in [0, 0.05) is 11.6 Å². The summed E-state index contributed by atoms with van der Waals surface area (Å²) in [6.07, 6.45) is 1.86. The average Bonchev–Trinajstić information content (AvgIpc) is 2.26. The van der Waals surface area contributed by atoms with E-state index in [1.165, 1.54) is 10.9 Å². The number of hydrogen-bond acceptors (Lipinski definition) is 1. The third-order valence-corrected chi connectivity index (χ3v) is 2.29. The number of rotatable bonds is 1. The summed E-state index contributed by atoms with van der Waals surface area (Å²) in [6.45, 7) is 13.1. The Morgan fingerprint density at radius 3 is 2.06 bits per heavy atom. The Balaban J connectivity index is 0.000000280. The van der Waals surface area contributed by atoms with Crippen molar-refractivity contribution in [2.24, 2.45) is 5.41 Å². The van der Waals surface area contributed by atoms with Gasteiger partial charge >= 0.3 is 0 Å². The minimum atomic E-state index is 0.500. The van der Waals surface area contributed by atoms with Gasteiger partial charge in [-0.05, 0) is 23.0 Å². The predicted molar refractivity (Wildman–Crippen MR) is 81.0 cm³/mol. The number of para-hydroxylation sites is 1. The van der Waals surface area contributed by atoms with Gasteiger partial charge < -0.3 is 0 Å². The lowest BCUT2D eigenvalue weighted by Crippen LogP contribution is -1.93. The first-order chi connectivity index (χ1) is 8.29. The van der Waals surface area contributed by atoms with Gasteiger partial charge in [0.15, 0.2) is 0 Å². The average molecular weight is 243 g/mol. The van der Waals surface area contributed by atoms with Crippen molar-refractivity contribution in [1.29, 1.82) is 0 Å². The van der Waals surface area contributed by atoms with Crippen LogP contribution >= 0.6 is 0 Å². The van der Waals surface area contributed by atoms with Crippen LogP contribution in [0.25, 0.3) is 10.9 Å². The van der Waals surface area contributed by atoms with E-state index >= 15 is 0 Å². The van der Waals surface area contributed by atoms with Crippen LogP contribution in [0.1, 0.15) is 53.0 Å². The Hall–Kier alpha value is -1.37. The monoisotopic (exact) mass is 243 g/mol. The molecule has 0 fully saturated rings. The van der Waals surface area contributed by atoms with Gasteiger partial charge in [-0.3, -0.25) is 4.98 Å². The van der Waals surface area contributed by atoms with E-state index in [1.807, 2.05) is 12.3 Å². The maximum Gasteiger partial charge on any atom is 0.0736 e. The van der Waals surface area contributed by atoms with Crippen molar-refractivity contribution in [1.82, 2.24) is 4.98 Å². The first-order valence-electron chi connectivity index (χ1n) is 6.62. The molecule has 0 radical (unpaired) electrons. The molecule has 1 aromatic heterocycles. The molecule has 0 aliphatic heterocycles. The van der Waals surface area contributed by atoms with Gasteiger partial charge in [0.05, 0.1) is 5.52 Å². The van der Waals surface area contributed by atoms with E-state index in [0.29, 0.717) is 11.3 Å². The minimum Gasteiger partial charge on any atom is -0.256 e. The second kappa shape index (κ2) is 5.99. The van der Waals surface area contributed by atoms with Gasteiger partial charge in [-0.15, -0.1) is 0 Å². The van der Waals surface area contributed by atoms with E-state index in [1.54, 1.807) is 0 Å². The molecule has 0 aliphatic carbocycles. The second-order valence-electron chi connectivity index (χ2n) is 6.58. The number of aromatic nitrogens is 1. The quantitative estimate of drug-likeness (QED) is 0.652. The van der Waals surface area contributed by atoms with E-state index in [9.17, 15) is 0 Å². The lowest BCUT2D eigenvalue weighted by atomic mass is 10.00. The van der Waals surface area contributed by atoms with Crippen molar-refractivity contribution in [3.05, 3.63) is 42.1 Å². The molecule has 0 unspecified atom stereocenters. The summed E-state index contributed by atoms with van der Waals surface area (Å²) < 4.78 is 0. The van der Waals surface area contributed by atoms with Crippen LogP contribution in [-0.4, -0.2) is 4.98 Å². The maximum absolute atomic E-state index is 4.40. The highest BCUT2D eigenvalue weighted by molar-refractivity contribution is 5.81. The lowest BCUT2D eigenvalue weighted by molar-refractivity contribution is 0.469. The fourth-order valence-electron chi connectivity index (χ4n) is 1.59. The number of fused-ring (bicyclic) bond motifs is 1. The zero-order chi connectivity index (χ0) is 13.8. The molecular formula is C17H25N. The maximum atomic E-state index is 4.40. The van der Waals surface area contributed by atoms with Gasteiger partial charge in [0.1, 0.15) is 0 Å². The van der Waals surface area contributed by atoms with Crippen LogP contribution in [0.4, 0.5) is 0 Å². The summed E-state index contributed by atoms with van der Waals surface area (Å²) in [5.74, 6) is 0.540.